The number of hydrogen-bond acceptors (Lipinski definition) is 6. The first-order chi connectivity index (χ1) is 12.0. The van der Waals surface area contributed by atoms with Crippen molar-refractivity contribution in [1.29, 1.82) is 0 Å². The SMILES string of the molecule is CC1CC(=O)NN=C1c1ccc(NC(=O)Oc2cccnc2)c(O)c1. The van der Waals surface area contributed by atoms with Crippen LogP contribution >= 0.6 is 0 Å². The lowest BCUT2D eigenvalue weighted by Crippen LogP contribution is -2.31. The lowest BCUT2D eigenvalue weighted by Gasteiger charge is -2.19. The second-order valence-electron chi connectivity index (χ2n) is 5.57. The molecule has 1 aromatic heterocycles. The first kappa shape index (κ1) is 16.4. The van der Waals surface area contributed by atoms with Gasteiger partial charge in [-0.25, -0.2) is 10.2 Å². The van der Waals surface area contributed by atoms with Crippen LogP contribution in [0.2, 0.25) is 0 Å². The summed E-state index contributed by atoms with van der Waals surface area (Å²) in [6, 6.07) is 7.95. The third-order valence-electron chi connectivity index (χ3n) is 3.63. The molecule has 1 aliphatic heterocycles. The summed E-state index contributed by atoms with van der Waals surface area (Å²) in [5.74, 6) is -0.0518. The van der Waals surface area contributed by atoms with Crippen molar-refractivity contribution in [2.24, 2.45) is 11.0 Å². The van der Waals surface area contributed by atoms with Crippen LogP contribution in [-0.2, 0) is 4.79 Å². The molecule has 2 amide bonds. The second-order valence-corrected chi connectivity index (χ2v) is 5.57. The average Bonchev–Trinajstić information content (AvgIpc) is 2.58. The van der Waals surface area contributed by atoms with E-state index in [-0.39, 0.29) is 29.0 Å². The molecule has 1 unspecified atom stereocenters. The van der Waals surface area contributed by atoms with Crippen molar-refractivity contribution in [1.82, 2.24) is 10.4 Å². The van der Waals surface area contributed by atoms with E-state index in [1.54, 1.807) is 30.5 Å². The number of hydrogen-bond donors (Lipinski definition) is 3. The predicted octanol–water partition coefficient (Wildman–Crippen LogP) is 2.26. The molecule has 1 aromatic carbocycles. The zero-order valence-corrected chi connectivity index (χ0v) is 13.4. The number of pyridine rings is 1. The Labute approximate surface area is 143 Å². The minimum absolute atomic E-state index is 0.0671. The van der Waals surface area contributed by atoms with Gasteiger partial charge in [0.25, 0.3) is 0 Å². The van der Waals surface area contributed by atoms with Crippen LogP contribution < -0.4 is 15.5 Å². The van der Waals surface area contributed by atoms with Gasteiger partial charge in [0, 0.05) is 24.1 Å². The molecule has 8 nitrogen and oxygen atoms in total. The fourth-order valence-electron chi connectivity index (χ4n) is 2.45. The standard InChI is InChI=1S/C17H16N4O4/c1-10-7-15(23)20-21-16(10)11-4-5-13(14(22)8-11)19-17(24)25-12-3-2-6-18-9-12/h2-6,8-10,22H,7H2,1H3,(H,19,24)(H,20,23). The lowest BCUT2D eigenvalue weighted by atomic mass is 9.94. The van der Waals surface area contributed by atoms with E-state index in [0.717, 1.165) is 0 Å². The number of aromatic nitrogens is 1. The molecular formula is C17H16N4O4. The Morgan fingerprint density at radius 1 is 1.40 bits per heavy atom. The van der Waals surface area contributed by atoms with Crippen LogP contribution in [0, 0.1) is 5.92 Å². The molecule has 0 bridgehead atoms. The average molecular weight is 340 g/mol. The van der Waals surface area contributed by atoms with Crippen molar-refractivity contribution in [3.63, 3.8) is 0 Å². The first-order valence-electron chi connectivity index (χ1n) is 7.61. The van der Waals surface area contributed by atoms with Crippen molar-refractivity contribution in [2.45, 2.75) is 13.3 Å². The summed E-state index contributed by atoms with van der Waals surface area (Å²) in [4.78, 5) is 27.0. The molecule has 1 aliphatic rings. The van der Waals surface area contributed by atoms with Gasteiger partial charge in [0.05, 0.1) is 17.6 Å². The molecule has 0 saturated heterocycles. The van der Waals surface area contributed by atoms with Crippen LogP contribution in [0.1, 0.15) is 18.9 Å². The fourth-order valence-corrected chi connectivity index (χ4v) is 2.45. The summed E-state index contributed by atoms with van der Waals surface area (Å²) in [6.45, 7) is 1.88. The Morgan fingerprint density at radius 2 is 2.24 bits per heavy atom. The maximum Gasteiger partial charge on any atom is 0.417 e. The second kappa shape index (κ2) is 7.00. The zero-order chi connectivity index (χ0) is 17.8. The number of amides is 2. The van der Waals surface area contributed by atoms with Gasteiger partial charge in [-0.3, -0.25) is 15.1 Å². The number of nitrogens with zero attached hydrogens (tertiary/aromatic N) is 2. The van der Waals surface area contributed by atoms with Gasteiger partial charge < -0.3 is 9.84 Å². The molecule has 0 saturated carbocycles. The predicted molar refractivity (Wildman–Crippen MR) is 90.5 cm³/mol. The smallest absolute Gasteiger partial charge is 0.417 e. The molecular weight excluding hydrogens is 324 g/mol. The highest BCUT2D eigenvalue weighted by atomic mass is 16.6. The third-order valence-corrected chi connectivity index (χ3v) is 3.63. The maximum absolute atomic E-state index is 11.9. The number of phenols is 1. The number of nitrogens with one attached hydrogen (secondary N) is 2. The zero-order valence-electron chi connectivity index (χ0n) is 13.4. The van der Waals surface area contributed by atoms with Gasteiger partial charge in [0.1, 0.15) is 5.75 Å². The summed E-state index contributed by atoms with van der Waals surface area (Å²) in [7, 11) is 0. The maximum atomic E-state index is 11.9. The Hall–Kier alpha value is -3.42. The minimum Gasteiger partial charge on any atom is -0.506 e. The number of phenolic OH excluding ortho intramolecular Hbond substituents is 1. The number of benzene rings is 1. The van der Waals surface area contributed by atoms with E-state index in [4.69, 9.17) is 4.74 Å². The number of hydrazone groups is 1. The summed E-state index contributed by atoms with van der Waals surface area (Å²) in [5.41, 5.74) is 3.96. The van der Waals surface area contributed by atoms with Crippen LogP contribution in [0.5, 0.6) is 11.5 Å². The highest BCUT2D eigenvalue weighted by molar-refractivity contribution is 6.06. The number of anilines is 1. The van der Waals surface area contributed by atoms with Gasteiger partial charge in [0.15, 0.2) is 5.75 Å². The molecule has 0 spiro atoms. The third kappa shape index (κ3) is 3.92. The normalized spacial score (nSPS) is 16.6. The fraction of sp³-hybridized carbons (Fsp3) is 0.176. The molecule has 2 heterocycles. The largest absolute Gasteiger partial charge is 0.506 e. The molecule has 0 radical (unpaired) electrons. The quantitative estimate of drug-likeness (QED) is 0.742. The number of rotatable bonds is 3. The van der Waals surface area contributed by atoms with E-state index in [0.29, 0.717) is 17.7 Å². The van der Waals surface area contributed by atoms with Gasteiger partial charge in [-0.1, -0.05) is 13.0 Å². The summed E-state index contributed by atoms with van der Waals surface area (Å²) < 4.78 is 5.05. The first-order valence-corrected chi connectivity index (χ1v) is 7.61. The van der Waals surface area contributed by atoms with E-state index < -0.39 is 6.09 Å². The van der Waals surface area contributed by atoms with Crippen LogP contribution in [0.25, 0.3) is 0 Å². The Balaban J connectivity index is 1.72. The molecule has 3 rings (SSSR count). The summed E-state index contributed by atoms with van der Waals surface area (Å²) in [5, 5.41) is 16.6. The highest BCUT2D eigenvalue weighted by Gasteiger charge is 2.22. The van der Waals surface area contributed by atoms with Gasteiger partial charge in [-0.05, 0) is 24.3 Å². The van der Waals surface area contributed by atoms with Gasteiger partial charge in [-0.2, -0.15) is 5.10 Å². The van der Waals surface area contributed by atoms with E-state index in [1.807, 2.05) is 6.92 Å². The van der Waals surface area contributed by atoms with E-state index >= 15 is 0 Å². The Bertz CT molecular complexity index is 836. The van der Waals surface area contributed by atoms with Crippen molar-refractivity contribution in [2.75, 3.05) is 5.32 Å². The number of carbonyl (C=O) groups is 2. The molecule has 25 heavy (non-hydrogen) atoms. The van der Waals surface area contributed by atoms with Gasteiger partial charge in [0.2, 0.25) is 5.91 Å². The summed E-state index contributed by atoms with van der Waals surface area (Å²) >= 11 is 0. The highest BCUT2D eigenvalue weighted by Crippen LogP contribution is 2.27. The van der Waals surface area contributed by atoms with Crippen molar-refractivity contribution < 1.29 is 19.4 Å². The molecule has 8 heteroatoms. The number of aromatic hydroxyl groups is 1. The van der Waals surface area contributed by atoms with Crippen LogP contribution in [0.15, 0.2) is 47.8 Å². The number of carbonyl (C=O) groups excluding carboxylic acids is 2. The van der Waals surface area contributed by atoms with E-state index in [2.05, 4.69) is 20.8 Å². The molecule has 2 aromatic rings. The van der Waals surface area contributed by atoms with Crippen LogP contribution in [0.3, 0.4) is 0 Å². The van der Waals surface area contributed by atoms with Crippen LogP contribution in [-0.4, -0.2) is 27.8 Å². The monoisotopic (exact) mass is 340 g/mol. The molecule has 0 fully saturated rings. The van der Waals surface area contributed by atoms with Crippen molar-refractivity contribution in [3.8, 4) is 11.5 Å². The van der Waals surface area contributed by atoms with E-state index in [1.165, 1.54) is 12.3 Å². The van der Waals surface area contributed by atoms with Gasteiger partial charge >= 0.3 is 6.09 Å². The van der Waals surface area contributed by atoms with Crippen LogP contribution in [0.4, 0.5) is 10.5 Å². The Kier molecular flexibility index (Phi) is 4.60. The van der Waals surface area contributed by atoms with E-state index in [9.17, 15) is 14.7 Å². The minimum atomic E-state index is -0.744. The van der Waals surface area contributed by atoms with Crippen molar-refractivity contribution >= 4 is 23.4 Å². The Morgan fingerprint density at radius 3 is 2.92 bits per heavy atom. The van der Waals surface area contributed by atoms with Gasteiger partial charge in [-0.15, -0.1) is 0 Å². The lowest BCUT2D eigenvalue weighted by molar-refractivity contribution is -0.121. The molecule has 128 valence electrons. The van der Waals surface area contributed by atoms with Crippen molar-refractivity contribution in [3.05, 3.63) is 48.3 Å². The number of ether oxygens (including phenoxy) is 1. The topological polar surface area (TPSA) is 113 Å². The summed E-state index contributed by atoms with van der Waals surface area (Å²) in [6.07, 6.45) is 2.55. The molecule has 1 atom stereocenters. The molecule has 3 N–H and O–H groups in total. The molecule has 0 aliphatic carbocycles.